The van der Waals surface area contributed by atoms with Crippen molar-refractivity contribution in [2.24, 2.45) is 10.7 Å². The normalized spacial score (nSPS) is 15.4. The molecule has 0 amide bonds. The van der Waals surface area contributed by atoms with Gasteiger partial charge in [-0.3, -0.25) is 0 Å². The fraction of sp³-hybridized carbons (Fsp3) is 0.444. The molecule has 3 rings (SSSR count). The molecule has 0 aliphatic carbocycles. The highest BCUT2D eigenvalue weighted by Gasteiger charge is 2.11. The van der Waals surface area contributed by atoms with Crippen LogP contribution in [-0.4, -0.2) is 40.8 Å². The van der Waals surface area contributed by atoms with Crippen molar-refractivity contribution < 1.29 is 4.74 Å². The number of aromatic nitrogens is 2. The molecule has 6 nitrogen and oxygen atoms in total. The van der Waals surface area contributed by atoms with E-state index < -0.39 is 0 Å². The van der Waals surface area contributed by atoms with Crippen molar-refractivity contribution in [1.82, 2.24) is 14.7 Å². The van der Waals surface area contributed by atoms with Gasteiger partial charge in [0.2, 0.25) is 0 Å². The van der Waals surface area contributed by atoms with Gasteiger partial charge in [-0.15, -0.1) is 24.0 Å². The van der Waals surface area contributed by atoms with Crippen molar-refractivity contribution in [2.75, 3.05) is 20.2 Å². The smallest absolute Gasteiger partial charge is 0.191 e. The summed E-state index contributed by atoms with van der Waals surface area (Å²) in [5.41, 5.74) is 8.04. The number of guanidine groups is 1. The summed E-state index contributed by atoms with van der Waals surface area (Å²) in [4.78, 5) is 6.71. The summed E-state index contributed by atoms with van der Waals surface area (Å²) >= 11 is 0. The fourth-order valence-corrected chi connectivity index (χ4v) is 2.89. The molecule has 0 atom stereocenters. The van der Waals surface area contributed by atoms with Crippen LogP contribution in [0.1, 0.15) is 31.4 Å². The van der Waals surface area contributed by atoms with Crippen LogP contribution in [0.2, 0.25) is 0 Å². The minimum Gasteiger partial charge on any atom is -0.497 e. The summed E-state index contributed by atoms with van der Waals surface area (Å²) in [7, 11) is 1.66. The molecular weight excluding hydrogens is 429 g/mol. The van der Waals surface area contributed by atoms with E-state index >= 15 is 0 Å². The average molecular weight is 455 g/mol. The minimum absolute atomic E-state index is 0. The van der Waals surface area contributed by atoms with E-state index in [0.717, 1.165) is 30.2 Å². The number of aliphatic imine (C=N–C) groups is 1. The van der Waals surface area contributed by atoms with Crippen LogP contribution in [0.15, 0.2) is 41.5 Å². The number of methoxy groups -OCH3 is 1. The second-order valence-electron chi connectivity index (χ2n) is 6.03. The number of halogens is 1. The second-order valence-corrected chi connectivity index (χ2v) is 6.03. The Labute approximate surface area is 166 Å². The van der Waals surface area contributed by atoms with E-state index in [9.17, 15) is 0 Å². The first-order valence-electron chi connectivity index (χ1n) is 8.50. The molecule has 2 aromatic rings. The van der Waals surface area contributed by atoms with Crippen molar-refractivity contribution in [3.63, 3.8) is 0 Å². The molecule has 1 aromatic carbocycles. The van der Waals surface area contributed by atoms with E-state index in [1.54, 1.807) is 7.11 Å². The van der Waals surface area contributed by atoms with E-state index in [0.29, 0.717) is 12.5 Å². The number of benzene rings is 1. The van der Waals surface area contributed by atoms with Gasteiger partial charge < -0.3 is 15.4 Å². The molecule has 25 heavy (non-hydrogen) atoms. The number of hydrogen-bond donors (Lipinski definition) is 1. The lowest BCUT2D eigenvalue weighted by atomic mass is 10.2. The van der Waals surface area contributed by atoms with Gasteiger partial charge in [0.05, 0.1) is 25.0 Å². The van der Waals surface area contributed by atoms with E-state index in [2.05, 4.69) is 15.0 Å². The monoisotopic (exact) mass is 455 g/mol. The number of rotatable bonds is 4. The third-order valence-electron chi connectivity index (χ3n) is 4.31. The standard InChI is InChI=1S/C18H25N5O.HI/c1-24-17-8-6-16(7-9-17)23-13-10-15(21-23)14-20-18(19)22-11-4-2-3-5-12-22;/h6-10,13H,2-5,11-12,14H2,1H3,(H2,19,20);1H. The number of hydrogen-bond acceptors (Lipinski definition) is 3. The van der Waals surface area contributed by atoms with E-state index in [-0.39, 0.29) is 24.0 Å². The molecule has 0 bridgehead atoms. The summed E-state index contributed by atoms with van der Waals surface area (Å²) in [5, 5.41) is 4.57. The maximum atomic E-state index is 6.14. The third-order valence-corrected chi connectivity index (χ3v) is 4.31. The van der Waals surface area contributed by atoms with Gasteiger partial charge in [-0.2, -0.15) is 5.10 Å². The van der Waals surface area contributed by atoms with Crippen LogP contribution in [0.3, 0.4) is 0 Å². The van der Waals surface area contributed by atoms with Crippen LogP contribution < -0.4 is 10.5 Å². The summed E-state index contributed by atoms with van der Waals surface area (Å²) in [6.07, 6.45) is 6.91. The molecule has 0 spiro atoms. The zero-order valence-corrected chi connectivity index (χ0v) is 16.9. The maximum Gasteiger partial charge on any atom is 0.191 e. The van der Waals surface area contributed by atoms with Gasteiger partial charge in [-0.1, -0.05) is 12.8 Å². The lowest BCUT2D eigenvalue weighted by molar-refractivity contribution is 0.414. The quantitative estimate of drug-likeness (QED) is 0.437. The Balaban J connectivity index is 0.00000225. The summed E-state index contributed by atoms with van der Waals surface area (Å²) < 4.78 is 7.02. The van der Waals surface area contributed by atoms with Crippen LogP contribution in [0, 0.1) is 0 Å². The highest BCUT2D eigenvalue weighted by Crippen LogP contribution is 2.15. The van der Waals surface area contributed by atoms with Crippen LogP contribution >= 0.6 is 24.0 Å². The van der Waals surface area contributed by atoms with Crippen LogP contribution in [0.4, 0.5) is 0 Å². The summed E-state index contributed by atoms with van der Waals surface area (Å²) in [6, 6.07) is 9.77. The Morgan fingerprint density at radius 3 is 2.44 bits per heavy atom. The Kier molecular flexibility index (Phi) is 7.54. The number of likely N-dealkylation sites (tertiary alicyclic amines) is 1. The average Bonchev–Trinajstić information content (AvgIpc) is 2.92. The predicted octanol–water partition coefficient (Wildman–Crippen LogP) is 3.19. The van der Waals surface area contributed by atoms with Gasteiger partial charge in [0.25, 0.3) is 0 Å². The van der Waals surface area contributed by atoms with Crippen molar-refractivity contribution in [3.05, 3.63) is 42.2 Å². The van der Waals surface area contributed by atoms with Crippen LogP contribution in [0.5, 0.6) is 5.75 Å². The molecule has 0 unspecified atom stereocenters. The van der Waals surface area contributed by atoms with Gasteiger partial charge in [0.1, 0.15) is 5.75 Å². The Bertz CT molecular complexity index is 675. The van der Waals surface area contributed by atoms with Crippen molar-refractivity contribution in [1.29, 1.82) is 0 Å². The number of nitrogens with zero attached hydrogens (tertiary/aromatic N) is 4. The molecule has 7 heteroatoms. The predicted molar refractivity (Wildman–Crippen MR) is 111 cm³/mol. The topological polar surface area (TPSA) is 68.7 Å². The molecular formula is C18H26IN5O. The van der Waals surface area contributed by atoms with E-state index in [4.69, 9.17) is 10.5 Å². The third kappa shape index (κ3) is 5.35. The van der Waals surface area contributed by atoms with E-state index in [1.807, 2.05) is 41.2 Å². The highest BCUT2D eigenvalue weighted by molar-refractivity contribution is 14.0. The first-order valence-corrected chi connectivity index (χ1v) is 8.50. The van der Waals surface area contributed by atoms with Gasteiger partial charge >= 0.3 is 0 Å². The van der Waals surface area contributed by atoms with Crippen molar-refractivity contribution >= 4 is 29.9 Å². The Morgan fingerprint density at radius 1 is 1.12 bits per heavy atom. The zero-order valence-electron chi connectivity index (χ0n) is 14.6. The molecule has 0 saturated carbocycles. The molecule has 136 valence electrons. The summed E-state index contributed by atoms with van der Waals surface area (Å²) in [6.45, 7) is 2.52. The second kappa shape index (κ2) is 9.65. The van der Waals surface area contributed by atoms with Gasteiger partial charge in [-0.05, 0) is 43.2 Å². The fourth-order valence-electron chi connectivity index (χ4n) is 2.89. The maximum absolute atomic E-state index is 6.14. The molecule has 2 N–H and O–H groups in total. The first-order chi connectivity index (χ1) is 11.8. The van der Waals surface area contributed by atoms with Crippen LogP contribution in [-0.2, 0) is 6.54 Å². The lowest BCUT2D eigenvalue weighted by Gasteiger charge is -2.20. The minimum atomic E-state index is 0. The van der Waals surface area contributed by atoms with Gasteiger partial charge in [0, 0.05) is 19.3 Å². The molecule has 1 aromatic heterocycles. The molecule has 1 aliphatic heterocycles. The Morgan fingerprint density at radius 2 is 1.80 bits per heavy atom. The van der Waals surface area contributed by atoms with Crippen LogP contribution in [0.25, 0.3) is 5.69 Å². The molecule has 1 aliphatic rings. The molecule has 1 fully saturated rings. The number of nitrogens with two attached hydrogens (primary N) is 1. The van der Waals surface area contributed by atoms with Crippen molar-refractivity contribution in [3.8, 4) is 11.4 Å². The summed E-state index contributed by atoms with van der Waals surface area (Å²) in [5.74, 6) is 1.47. The highest BCUT2D eigenvalue weighted by atomic mass is 127. The van der Waals surface area contributed by atoms with E-state index in [1.165, 1.54) is 25.7 Å². The zero-order chi connectivity index (χ0) is 16.8. The molecule has 1 saturated heterocycles. The van der Waals surface area contributed by atoms with Crippen molar-refractivity contribution in [2.45, 2.75) is 32.2 Å². The number of ether oxygens (including phenoxy) is 1. The molecule has 2 heterocycles. The first kappa shape index (κ1) is 19.6. The Hall–Kier alpha value is -1.77. The van der Waals surface area contributed by atoms with Gasteiger partial charge in [0.15, 0.2) is 5.96 Å². The molecule has 0 radical (unpaired) electrons. The SMILES string of the molecule is COc1ccc(-n2ccc(CN=C(N)N3CCCCCC3)n2)cc1.I. The largest absolute Gasteiger partial charge is 0.497 e. The van der Waals surface area contributed by atoms with Gasteiger partial charge in [-0.25, -0.2) is 9.67 Å². The lowest BCUT2D eigenvalue weighted by Crippen LogP contribution is -2.38.